The van der Waals surface area contributed by atoms with Crippen LogP contribution in [-0.2, 0) is 11.2 Å². The van der Waals surface area contributed by atoms with Crippen LogP contribution in [-0.4, -0.2) is 27.1 Å². The molecule has 1 unspecified atom stereocenters. The number of H-pyrrole nitrogens is 1. The van der Waals surface area contributed by atoms with Gasteiger partial charge < -0.3 is 10.1 Å². The zero-order valence-corrected chi connectivity index (χ0v) is 7.62. The minimum atomic E-state index is -1.07. The Kier molecular flexibility index (Phi) is 3.79. The number of halogens is 1. The Hall–Kier alpha value is -1.00. The average molecular weight is 205 g/mol. The molecule has 0 aliphatic heterocycles. The molecule has 0 spiro atoms. The van der Waals surface area contributed by atoms with Gasteiger partial charge in [0.25, 0.3) is 0 Å². The number of hydrogen-bond donors (Lipinski definition) is 3. The first-order valence-electron chi connectivity index (χ1n) is 3.55. The lowest BCUT2D eigenvalue weighted by Crippen LogP contribution is -2.33. The first kappa shape index (κ1) is 10.1. The largest absolute Gasteiger partial charge is 0.480 e. The van der Waals surface area contributed by atoms with E-state index in [4.69, 9.17) is 5.11 Å². The summed E-state index contributed by atoms with van der Waals surface area (Å²) in [4.78, 5) is 17.0. The maximum Gasteiger partial charge on any atom is 0.321 e. The molecule has 0 saturated heterocycles. The number of aliphatic carboxylic acids is 1. The highest BCUT2D eigenvalue weighted by molar-refractivity contribution is 7.29. The minimum Gasteiger partial charge on any atom is -0.480 e. The van der Waals surface area contributed by atoms with Gasteiger partial charge in [0, 0.05) is 18.3 Å². The van der Waals surface area contributed by atoms with Crippen molar-refractivity contribution in [2.24, 2.45) is 0 Å². The van der Waals surface area contributed by atoms with Crippen molar-refractivity contribution in [1.82, 2.24) is 15.1 Å². The van der Waals surface area contributed by atoms with E-state index in [2.05, 4.69) is 15.1 Å². The van der Waals surface area contributed by atoms with Gasteiger partial charge in [-0.2, -0.15) is 0 Å². The number of nitrogens with zero attached hydrogens (tertiary/aromatic N) is 1. The molecule has 0 saturated carbocycles. The number of aromatic nitrogens is 2. The Morgan fingerprint density at radius 1 is 1.92 bits per heavy atom. The molecule has 0 aliphatic rings. The fourth-order valence-electron chi connectivity index (χ4n) is 0.882. The van der Waals surface area contributed by atoms with Gasteiger partial charge in [0.15, 0.2) is 0 Å². The fraction of sp³-hybridized carbons (Fsp3) is 0.333. The summed E-state index contributed by atoms with van der Waals surface area (Å²) in [6, 6.07) is -0.899. The molecule has 1 aromatic heterocycles. The number of carboxylic acid groups (broad SMARTS) is 1. The van der Waals surface area contributed by atoms with Gasteiger partial charge in [-0.3, -0.25) is 9.88 Å². The Balaban J connectivity index is 2.52. The summed E-state index contributed by atoms with van der Waals surface area (Å²) < 4.78 is 11.9. The van der Waals surface area contributed by atoms with E-state index in [9.17, 15) is 8.99 Å². The van der Waals surface area contributed by atoms with E-state index in [1.165, 1.54) is 12.5 Å². The summed E-state index contributed by atoms with van der Waals surface area (Å²) in [7, 11) is -1.07. The molecule has 0 aromatic carbocycles. The quantitative estimate of drug-likeness (QED) is 0.610. The maximum atomic E-state index is 11.9. The van der Waals surface area contributed by atoms with E-state index in [1.807, 2.05) is 0 Å². The Morgan fingerprint density at radius 2 is 2.69 bits per heavy atom. The molecule has 0 bridgehead atoms. The van der Waals surface area contributed by atoms with Gasteiger partial charge in [-0.1, -0.05) is 0 Å². The van der Waals surface area contributed by atoms with Crippen LogP contribution in [0.4, 0.5) is 4.20 Å². The predicted octanol–water partition coefficient (Wildman–Crippen LogP) is 0.473. The van der Waals surface area contributed by atoms with Crippen LogP contribution in [0.2, 0.25) is 0 Å². The molecule has 0 aliphatic carbocycles. The van der Waals surface area contributed by atoms with E-state index in [1.54, 1.807) is 0 Å². The maximum absolute atomic E-state index is 11.9. The molecule has 0 amide bonds. The highest BCUT2D eigenvalue weighted by atomic mass is 31.1. The molecule has 2 atom stereocenters. The fourth-order valence-corrected chi connectivity index (χ4v) is 1.24. The van der Waals surface area contributed by atoms with Gasteiger partial charge in [0.05, 0.1) is 6.33 Å². The van der Waals surface area contributed by atoms with Crippen LogP contribution in [0.25, 0.3) is 0 Å². The number of imidazole rings is 1. The monoisotopic (exact) mass is 205 g/mol. The summed E-state index contributed by atoms with van der Waals surface area (Å²) in [5.41, 5.74) is 0.665. The first-order valence-corrected chi connectivity index (χ1v) is 4.43. The van der Waals surface area contributed by atoms with Crippen molar-refractivity contribution in [3.8, 4) is 0 Å². The third-order valence-corrected chi connectivity index (χ3v) is 1.96. The minimum absolute atomic E-state index is 0.201. The highest BCUT2D eigenvalue weighted by Gasteiger charge is 2.17. The molecular formula is C6H9FN3O2P. The summed E-state index contributed by atoms with van der Waals surface area (Å²) in [5.74, 6) is -1.07. The Bertz CT molecular complexity index is 267. The summed E-state index contributed by atoms with van der Waals surface area (Å²) >= 11 is 0. The van der Waals surface area contributed by atoms with Gasteiger partial charge in [0.2, 0.25) is 0 Å². The molecule has 1 heterocycles. The smallest absolute Gasteiger partial charge is 0.321 e. The topological polar surface area (TPSA) is 78.0 Å². The third-order valence-electron chi connectivity index (χ3n) is 1.51. The second kappa shape index (κ2) is 4.89. The molecule has 5 nitrogen and oxygen atoms in total. The number of carboxylic acids is 1. The lowest BCUT2D eigenvalue weighted by Gasteiger charge is -2.09. The van der Waals surface area contributed by atoms with E-state index in [-0.39, 0.29) is 6.42 Å². The number of aromatic amines is 1. The second-order valence-corrected chi connectivity index (χ2v) is 2.89. The van der Waals surface area contributed by atoms with E-state index < -0.39 is 21.1 Å². The normalized spacial score (nSPS) is 13.6. The van der Waals surface area contributed by atoms with Crippen molar-refractivity contribution in [3.05, 3.63) is 18.2 Å². The Morgan fingerprint density at radius 3 is 3.15 bits per heavy atom. The molecule has 13 heavy (non-hydrogen) atoms. The van der Waals surface area contributed by atoms with Crippen molar-refractivity contribution in [3.63, 3.8) is 0 Å². The van der Waals surface area contributed by atoms with Gasteiger partial charge in [-0.15, -0.1) is 0 Å². The number of carbonyl (C=O) groups is 1. The molecule has 0 radical (unpaired) electrons. The zero-order chi connectivity index (χ0) is 9.68. The first-order chi connectivity index (χ1) is 6.24. The van der Waals surface area contributed by atoms with Crippen LogP contribution in [0.1, 0.15) is 5.69 Å². The summed E-state index contributed by atoms with van der Waals surface area (Å²) in [6.07, 6.45) is 3.16. The number of rotatable bonds is 5. The molecule has 7 heteroatoms. The average Bonchev–Trinajstić information content (AvgIpc) is 2.56. The van der Waals surface area contributed by atoms with Crippen LogP contribution < -0.4 is 5.09 Å². The lowest BCUT2D eigenvalue weighted by atomic mass is 10.2. The van der Waals surface area contributed by atoms with Crippen molar-refractivity contribution < 1.29 is 14.1 Å². The third kappa shape index (κ3) is 3.08. The van der Waals surface area contributed by atoms with Crippen molar-refractivity contribution in [1.29, 1.82) is 0 Å². The molecule has 72 valence electrons. The SMILES string of the molecule is O=C(O)[C@H](Cc1cnc[nH]1)NPF. The Labute approximate surface area is 75.7 Å². The van der Waals surface area contributed by atoms with Gasteiger partial charge in [-0.05, 0) is 0 Å². The van der Waals surface area contributed by atoms with Crippen LogP contribution >= 0.6 is 9.04 Å². The molecule has 1 rings (SSSR count). The predicted molar refractivity (Wildman–Crippen MR) is 46.3 cm³/mol. The second-order valence-electron chi connectivity index (χ2n) is 2.41. The highest BCUT2D eigenvalue weighted by Crippen LogP contribution is 2.08. The van der Waals surface area contributed by atoms with Gasteiger partial charge in [0.1, 0.15) is 15.1 Å². The summed E-state index contributed by atoms with van der Waals surface area (Å²) in [6.45, 7) is 0. The standard InChI is InChI=1S/C6H9FN3O2P/c7-13-10-5(6(11)12)1-4-2-8-3-9-4/h2-3,5,10,13H,1H2,(H,8,9)(H,11,12)/t5-/m0/s1. The molecule has 1 aromatic rings. The lowest BCUT2D eigenvalue weighted by molar-refractivity contribution is -0.138. The van der Waals surface area contributed by atoms with Crippen molar-refractivity contribution >= 4 is 15.0 Å². The van der Waals surface area contributed by atoms with E-state index in [0.29, 0.717) is 5.69 Å². The van der Waals surface area contributed by atoms with Crippen molar-refractivity contribution in [2.45, 2.75) is 12.5 Å². The van der Waals surface area contributed by atoms with E-state index in [0.717, 1.165) is 0 Å². The molecular weight excluding hydrogens is 196 g/mol. The molecule has 0 fully saturated rings. The van der Waals surface area contributed by atoms with Gasteiger partial charge >= 0.3 is 5.97 Å². The van der Waals surface area contributed by atoms with Crippen LogP contribution in [0.15, 0.2) is 12.5 Å². The van der Waals surface area contributed by atoms with Crippen LogP contribution in [0, 0.1) is 0 Å². The number of hydrogen-bond acceptors (Lipinski definition) is 3. The van der Waals surface area contributed by atoms with Gasteiger partial charge in [-0.25, -0.2) is 9.18 Å². The van der Waals surface area contributed by atoms with Crippen molar-refractivity contribution in [2.75, 3.05) is 0 Å². The zero-order valence-electron chi connectivity index (χ0n) is 6.62. The molecule has 3 N–H and O–H groups in total. The van der Waals surface area contributed by atoms with Crippen LogP contribution in [0.3, 0.4) is 0 Å². The van der Waals surface area contributed by atoms with Crippen LogP contribution in [0.5, 0.6) is 0 Å². The number of nitrogens with one attached hydrogen (secondary N) is 2. The summed E-state index contributed by atoms with van der Waals surface area (Å²) in [5, 5.41) is 10.9. The van der Waals surface area contributed by atoms with E-state index >= 15 is 0 Å².